The van der Waals surface area contributed by atoms with Gasteiger partial charge < -0.3 is 14.8 Å². The number of halogens is 1. The number of nitrogens with zero attached hydrogens (tertiary/aromatic N) is 1. The summed E-state index contributed by atoms with van der Waals surface area (Å²) in [7, 11) is 0. The number of anilines is 1. The number of carbonyl (C=O) groups is 1. The topological polar surface area (TPSA) is 60.5 Å². The van der Waals surface area contributed by atoms with Crippen molar-refractivity contribution in [3.05, 3.63) is 69.1 Å². The van der Waals surface area contributed by atoms with Gasteiger partial charge in [-0.15, -0.1) is 11.3 Å². The number of hydrogen-bond donors (Lipinski definition) is 1. The van der Waals surface area contributed by atoms with Crippen LogP contribution in [0.5, 0.6) is 11.5 Å². The number of amides is 1. The SMILES string of the molecule is CCOc1ccc(NC(=O)Cc2csc(Cc3cccc(Cl)c3)n2)cc1OCC. The summed E-state index contributed by atoms with van der Waals surface area (Å²) in [5.41, 5.74) is 2.51. The van der Waals surface area contributed by atoms with E-state index in [0.717, 1.165) is 16.3 Å². The van der Waals surface area contributed by atoms with E-state index in [1.54, 1.807) is 29.5 Å². The zero-order valence-electron chi connectivity index (χ0n) is 16.4. The molecule has 1 amide bonds. The first kappa shape index (κ1) is 21.1. The molecule has 2 aromatic carbocycles. The molecule has 1 heterocycles. The van der Waals surface area contributed by atoms with E-state index in [1.807, 2.05) is 43.5 Å². The van der Waals surface area contributed by atoms with Gasteiger partial charge >= 0.3 is 0 Å². The fourth-order valence-corrected chi connectivity index (χ4v) is 3.87. The highest BCUT2D eigenvalue weighted by Crippen LogP contribution is 2.30. The molecule has 0 aliphatic heterocycles. The first-order valence-corrected chi connectivity index (χ1v) is 10.7. The zero-order chi connectivity index (χ0) is 20.6. The van der Waals surface area contributed by atoms with Gasteiger partial charge in [-0.25, -0.2) is 4.98 Å². The maximum Gasteiger partial charge on any atom is 0.230 e. The Balaban J connectivity index is 1.61. The van der Waals surface area contributed by atoms with Gasteiger partial charge in [0.15, 0.2) is 11.5 Å². The maximum atomic E-state index is 12.4. The molecule has 29 heavy (non-hydrogen) atoms. The van der Waals surface area contributed by atoms with Crippen LogP contribution in [0.4, 0.5) is 5.69 Å². The van der Waals surface area contributed by atoms with Crippen LogP contribution in [-0.4, -0.2) is 24.1 Å². The van der Waals surface area contributed by atoms with Crippen LogP contribution in [0.15, 0.2) is 47.8 Å². The third-order valence-corrected chi connectivity index (χ3v) is 5.15. The van der Waals surface area contributed by atoms with Crippen molar-refractivity contribution in [3.8, 4) is 11.5 Å². The molecule has 1 N–H and O–H groups in total. The third kappa shape index (κ3) is 6.21. The van der Waals surface area contributed by atoms with Gasteiger partial charge in [-0.1, -0.05) is 23.7 Å². The lowest BCUT2D eigenvalue weighted by Crippen LogP contribution is -2.14. The number of rotatable bonds is 9. The lowest BCUT2D eigenvalue weighted by Gasteiger charge is -2.12. The van der Waals surface area contributed by atoms with Crippen molar-refractivity contribution >= 4 is 34.5 Å². The van der Waals surface area contributed by atoms with Crippen LogP contribution in [0.2, 0.25) is 5.02 Å². The van der Waals surface area contributed by atoms with Crippen molar-refractivity contribution in [1.82, 2.24) is 4.98 Å². The minimum absolute atomic E-state index is 0.129. The molecule has 7 heteroatoms. The molecule has 0 spiro atoms. The number of hydrogen-bond acceptors (Lipinski definition) is 5. The van der Waals surface area contributed by atoms with Crippen LogP contribution in [0, 0.1) is 0 Å². The Bertz CT molecular complexity index is 974. The van der Waals surface area contributed by atoms with Crippen LogP contribution >= 0.6 is 22.9 Å². The van der Waals surface area contributed by atoms with Crippen LogP contribution in [0.25, 0.3) is 0 Å². The summed E-state index contributed by atoms with van der Waals surface area (Å²) in [4.78, 5) is 17.0. The number of carbonyl (C=O) groups excluding carboxylic acids is 1. The first-order chi connectivity index (χ1) is 14.1. The molecule has 0 bridgehead atoms. The van der Waals surface area contributed by atoms with Crippen LogP contribution in [0.3, 0.4) is 0 Å². The quantitative estimate of drug-likeness (QED) is 0.496. The molecule has 3 rings (SSSR count). The van der Waals surface area contributed by atoms with Crippen LogP contribution in [-0.2, 0) is 17.6 Å². The van der Waals surface area contributed by atoms with Crippen molar-refractivity contribution < 1.29 is 14.3 Å². The van der Waals surface area contributed by atoms with Crippen molar-refractivity contribution in [1.29, 1.82) is 0 Å². The van der Waals surface area contributed by atoms with Gasteiger partial charge in [-0.3, -0.25) is 4.79 Å². The Morgan fingerprint density at radius 1 is 1.10 bits per heavy atom. The highest BCUT2D eigenvalue weighted by atomic mass is 35.5. The van der Waals surface area contributed by atoms with Crippen molar-refractivity contribution in [2.75, 3.05) is 18.5 Å². The van der Waals surface area contributed by atoms with Gasteiger partial charge in [0, 0.05) is 28.6 Å². The van der Waals surface area contributed by atoms with Crippen molar-refractivity contribution in [2.45, 2.75) is 26.7 Å². The smallest absolute Gasteiger partial charge is 0.230 e. The molecule has 0 saturated carbocycles. The van der Waals surface area contributed by atoms with E-state index in [4.69, 9.17) is 21.1 Å². The Kier molecular flexibility index (Phi) is 7.49. The lowest BCUT2D eigenvalue weighted by atomic mass is 10.2. The number of benzene rings is 2. The van der Waals surface area contributed by atoms with E-state index in [0.29, 0.717) is 41.8 Å². The summed E-state index contributed by atoms with van der Waals surface area (Å²) < 4.78 is 11.2. The number of aromatic nitrogens is 1. The zero-order valence-corrected chi connectivity index (χ0v) is 18.0. The van der Waals surface area contributed by atoms with E-state index >= 15 is 0 Å². The van der Waals surface area contributed by atoms with Crippen LogP contribution in [0.1, 0.15) is 30.1 Å². The second-order valence-corrected chi connectivity index (χ2v) is 7.67. The predicted octanol–water partition coefficient (Wildman–Crippen LogP) is 5.37. The molecule has 0 aliphatic carbocycles. The molecule has 1 aromatic heterocycles. The highest BCUT2D eigenvalue weighted by Gasteiger charge is 2.11. The summed E-state index contributed by atoms with van der Waals surface area (Å²) in [6, 6.07) is 13.1. The molecule has 0 unspecified atom stereocenters. The van der Waals surface area contributed by atoms with Crippen molar-refractivity contribution in [3.63, 3.8) is 0 Å². The predicted molar refractivity (Wildman–Crippen MR) is 117 cm³/mol. The Morgan fingerprint density at radius 3 is 2.66 bits per heavy atom. The second-order valence-electron chi connectivity index (χ2n) is 6.29. The number of thiazole rings is 1. The third-order valence-electron chi connectivity index (χ3n) is 4.01. The first-order valence-electron chi connectivity index (χ1n) is 9.44. The fourth-order valence-electron chi connectivity index (χ4n) is 2.83. The maximum absolute atomic E-state index is 12.4. The number of nitrogens with one attached hydrogen (secondary N) is 1. The van der Waals surface area contributed by atoms with Crippen molar-refractivity contribution in [2.24, 2.45) is 0 Å². The molecular formula is C22H23ClN2O3S. The fraction of sp³-hybridized carbons (Fsp3) is 0.273. The van der Waals surface area contributed by atoms with E-state index in [1.165, 1.54) is 0 Å². The summed E-state index contributed by atoms with van der Waals surface area (Å²) in [5.74, 6) is 1.15. The van der Waals surface area contributed by atoms with Gasteiger partial charge in [0.05, 0.1) is 30.3 Å². The highest BCUT2D eigenvalue weighted by molar-refractivity contribution is 7.09. The summed E-state index contributed by atoms with van der Waals surface area (Å²) in [5, 5.41) is 6.48. The van der Waals surface area contributed by atoms with E-state index in [9.17, 15) is 4.79 Å². The summed E-state index contributed by atoms with van der Waals surface area (Å²) in [6.07, 6.45) is 0.909. The normalized spacial score (nSPS) is 10.6. The summed E-state index contributed by atoms with van der Waals surface area (Å²) in [6.45, 7) is 4.89. The molecule has 0 aliphatic rings. The molecule has 0 radical (unpaired) electrons. The lowest BCUT2D eigenvalue weighted by molar-refractivity contribution is -0.115. The number of ether oxygens (including phenoxy) is 2. The Hall–Kier alpha value is -2.57. The molecule has 0 fully saturated rings. The monoisotopic (exact) mass is 430 g/mol. The Morgan fingerprint density at radius 2 is 1.90 bits per heavy atom. The molecule has 0 saturated heterocycles. The minimum Gasteiger partial charge on any atom is -0.490 e. The van der Waals surface area contributed by atoms with Crippen LogP contribution < -0.4 is 14.8 Å². The molecule has 152 valence electrons. The summed E-state index contributed by atoms with van der Waals surface area (Å²) >= 11 is 7.58. The average molecular weight is 431 g/mol. The molecule has 0 atom stereocenters. The van der Waals surface area contributed by atoms with Gasteiger partial charge in [0.25, 0.3) is 0 Å². The molecule has 3 aromatic rings. The standard InChI is InChI=1S/C22H23ClN2O3S/c1-3-27-19-9-8-17(12-20(19)28-4-2)24-21(26)13-18-14-29-22(25-18)11-15-6-5-7-16(23)10-15/h5-10,12,14H,3-4,11,13H2,1-2H3,(H,24,26). The van der Waals surface area contributed by atoms with Gasteiger partial charge in [0.2, 0.25) is 5.91 Å². The minimum atomic E-state index is -0.129. The van der Waals surface area contributed by atoms with Gasteiger partial charge in [-0.2, -0.15) is 0 Å². The Labute approximate surface area is 179 Å². The van der Waals surface area contributed by atoms with Gasteiger partial charge in [0.1, 0.15) is 0 Å². The van der Waals surface area contributed by atoms with E-state index in [2.05, 4.69) is 10.3 Å². The molecular weight excluding hydrogens is 408 g/mol. The van der Waals surface area contributed by atoms with E-state index < -0.39 is 0 Å². The molecule has 5 nitrogen and oxygen atoms in total. The largest absolute Gasteiger partial charge is 0.490 e. The average Bonchev–Trinajstić information content (AvgIpc) is 3.10. The second kappa shape index (κ2) is 10.3. The van der Waals surface area contributed by atoms with Gasteiger partial charge in [-0.05, 0) is 43.7 Å². The van der Waals surface area contributed by atoms with E-state index in [-0.39, 0.29) is 12.3 Å².